The van der Waals surface area contributed by atoms with Gasteiger partial charge in [0.25, 0.3) is 0 Å². The average molecular weight is 590 g/mol. The second-order valence-electron chi connectivity index (χ2n) is 9.24. The average Bonchev–Trinajstić information content (AvgIpc) is 3.50. The predicted molar refractivity (Wildman–Crippen MR) is 155 cm³/mol. The van der Waals surface area contributed by atoms with Crippen LogP contribution in [0.2, 0.25) is 0 Å². The third-order valence-corrected chi connectivity index (χ3v) is 9.80. The van der Waals surface area contributed by atoms with Crippen molar-refractivity contribution in [1.82, 2.24) is 9.55 Å². The lowest BCUT2D eigenvalue weighted by Gasteiger charge is -2.27. The molecule has 0 saturated heterocycles. The number of rotatable bonds is 11. The van der Waals surface area contributed by atoms with E-state index in [9.17, 15) is 17.6 Å². The number of ether oxygens (including phenoxy) is 3. The zero-order valence-corrected chi connectivity index (χ0v) is 24.9. The van der Waals surface area contributed by atoms with Crippen molar-refractivity contribution in [2.24, 2.45) is 0 Å². The van der Waals surface area contributed by atoms with Gasteiger partial charge in [0.15, 0.2) is 4.88 Å². The quantitative estimate of drug-likeness (QED) is 0.208. The number of aryl methyl sites for hydroxylation is 1. The summed E-state index contributed by atoms with van der Waals surface area (Å²) in [6.45, 7) is 7.48. The van der Waals surface area contributed by atoms with Crippen LogP contribution in [0, 0.1) is 12.7 Å². The minimum atomic E-state index is -3.78. The van der Waals surface area contributed by atoms with Gasteiger partial charge in [-0.25, -0.2) is 17.6 Å². The van der Waals surface area contributed by atoms with Crippen LogP contribution in [0.3, 0.4) is 0 Å². The molecule has 0 N–H and O–H groups in total. The van der Waals surface area contributed by atoms with E-state index in [0.717, 1.165) is 17.0 Å². The molecule has 4 aromatic rings. The summed E-state index contributed by atoms with van der Waals surface area (Å²) in [5, 5.41) is -0.0886. The van der Waals surface area contributed by atoms with E-state index in [1.165, 1.54) is 30.8 Å². The maximum absolute atomic E-state index is 14.9. The van der Waals surface area contributed by atoms with Crippen LogP contribution < -0.4 is 13.8 Å². The molecule has 0 fully saturated rings. The van der Waals surface area contributed by atoms with E-state index in [0.29, 0.717) is 50.1 Å². The van der Waals surface area contributed by atoms with Crippen molar-refractivity contribution in [3.8, 4) is 22.1 Å². The summed E-state index contributed by atoms with van der Waals surface area (Å²) in [5.41, 5.74) is 2.00. The highest BCUT2D eigenvalue weighted by molar-refractivity contribution is 7.93. The van der Waals surface area contributed by atoms with E-state index >= 15 is 0 Å². The number of nitrogens with zero attached hydrogens (tertiary/aromatic N) is 3. The van der Waals surface area contributed by atoms with Gasteiger partial charge in [-0.15, -0.1) is 11.3 Å². The zero-order valence-electron chi connectivity index (χ0n) is 23.2. The van der Waals surface area contributed by atoms with Crippen LogP contribution >= 0.6 is 11.3 Å². The molecule has 0 unspecified atom stereocenters. The van der Waals surface area contributed by atoms with Crippen LogP contribution in [0.5, 0.6) is 11.5 Å². The number of hydrogen-bond donors (Lipinski definition) is 0. The molecule has 0 bridgehead atoms. The van der Waals surface area contributed by atoms with Crippen LogP contribution in [-0.2, 0) is 21.3 Å². The number of anilines is 1. The maximum Gasteiger partial charge on any atom is 0.351 e. The van der Waals surface area contributed by atoms with E-state index in [4.69, 9.17) is 14.2 Å². The minimum absolute atomic E-state index is 0.0489. The Hall–Kier alpha value is -3.64. The van der Waals surface area contributed by atoms with Crippen molar-refractivity contribution in [2.45, 2.75) is 39.5 Å². The van der Waals surface area contributed by atoms with Crippen molar-refractivity contribution < 1.29 is 31.8 Å². The normalized spacial score (nSPS) is 11.7. The van der Waals surface area contributed by atoms with E-state index < -0.39 is 27.1 Å². The van der Waals surface area contributed by atoms with Gasteiger partial charge in [0.1, 0.15) is 17.3 Å². The summed E-state index contributed by atoms with van der Waals surface area (Å²) in [6, 6.07) is 9.71. The van der Waals surface area contributed by atoms with Gasteiger partial charge in [-0.2, -0.15) is 0 Å². The van der Waals surface area contributed by atoms with Gasteiger partial charge < -0.3 is 18.8 Å². The van der Waals surface area contributed by atoms with Crippen LogP contribution in [0.1, 0.15) is 36.1 Å². The van der Waals surface area contributed by atoms with E-state index in [1.54, 1.807) is 42.7 Å². The summed E-state index contributed by atoms with van der Waals surface area (Å²) in [4.78, 5) is 17.6. The first kappa shape index (κ1) is 29.3. The molecule has 0 radical (unpaired) electrons. The van der Waals surface area contributed by atoms with Crippen molar-refractivity contribution >= 4 is 43.9 Å². The molecular formula is C28H32FN3O6S2. The summed E-state index contributed by atoms with van der Waals surface area (Å²) >= 11 is 1.15. The molecule has 3 aromatic heterocycles. The molecular weight excluding hydrogens is 557 g/mol. The minimum Gasteiger partial charge on any atom is -0.496 e. The van der Waals surface area contributed by atoms with Gasteiger partial charge >= 0.3 is 5.97 Å². The number of benzene rings is 1. The first-order valence-electron chi connectivity index (χ1n) is 12.7. The molecule has 3 heterocycles. The summed E-state index contributed by atoms with van der Waals surface area (Å²) in [6.07, 6.45) is 1.52. The third-order valence-electron chi connectivity index (χ3n) is 6.48. The number of esters is 1. The van der Waals surface area contributed by atoms with Gasteiger partial charge in [0.2, 0.25) is 10.0 Å². The number of methoxy groups -OCH3 is 2. The van der Waals surface area contributed by atoms with E-state index in [2.05, 4.69) is 4.98 Å². The highest BCUT2D eigenvalue weighted by Gasteiger charge is 2.28. The SMILES string of the molecule is CCOc1cc(-c2cc(N(CCn3c(C)cc4c(OC)ccc(F)c43)S(=O)(=O)C(C)C)ccn2)sc1C(=O)OC. The molecule has 0 spiro atoms. The second kappa shape index (κ2) is 11.8. The first-order valence-corrected chi connectivity index (χ1v) is 15.0. The summed E-state index contributed by atoms with van der Waals surface area (Å²) in [5.74, 6) is -0.0337. The number of fused-ring (bicyclic) bond motifs is 1. The fourth-order valence-corrected chi connectivity index (χ4v) is 6.70. The molecule has 214 valence electrons. The van der Waals surface area contributed by atoms with Crippen LogP contribution in [0.15, 0.2) is 42.6 Å². The lowest BCUT2D eigenvalue weighted by molar-refractivity contribution is 0.0602. The number of carbonyl (C=O) groups is 1. The Morgan fingerprint density at radius 2 is 1.90 bits per heavy atom. The molecule has 40 heavy (non-hydrogen) atoms. The third kappa shape index (κ3) is 5.50. The van der Waals surface area contributed by atoms with Crippen molar-refractivity contribution in [3.63, 3.8) is 0 Å². The largest absolute Gasteiger partial charge is 0.496 e. The van der Waals surface area contributed by atoms with Crippen molar-refractivity contribution in [3.05, 3.63) is 59.0 Å². The fourth-order valence-electron chi connectivity index (χ4n) is 4.46. The molecule has 0 saturated carbocycles. The van der Waals surface area contributed by atoms with Gasteiger partial charge in [0, 0.05) is 29.9 Å². The van der Waals surface area contributed by atoms with Gasteiger partial charge in [-0.3, -0.25) is 9.29 Å². The monoisotopic (exact) mass is 589 g/mol. The number of pyridine rings is 1. The lowest BCUT2D eigenvalue weighted by atomic mass is 10.2. The van der Waals surface area contributed by atoms with Crippen molar-refractivity contribution in [1.29, 1.82) is 0 Å². The van der Waals surface area contributed by atoms with Crippen LogP contribution in [0.4, 0.5) is 10.1 Å². The Morgan fingerprint density at radius 3 is 2.55 bits per heavy atom. The first-order chi connectivity index (χ1) is 19.0. The van der Waals surface area contributed by atoms with Crippen LogP contribution in [-0.4, -0.2) is 56.6 Å². The lowest BCUT2D eigenvalue weighted by Crippen LogP contribution is -2.38. The second-order valence-corrected chi connectivity index (χ2v) is 12.7. The standard InChI is InChI=1S/C28H32FN3O6S2/c1-7-38-24-16-25(39-27(24)28(33)37-6)22-15-19(10-11-30-22)32(40(34,35)17(2)3)13-12-31-18(4)14-20-23(36-5)9-8-21(29)26(20)31/h8-11,14-17H,7,12-13H2,1-6H3. The molecule has 0 amide bonds. The van der Waals surface area contributed by atoms with Gasteiger partial charge in [-0.1, -0.05) is 0 Å². The number of sulfonamides is 1. The fraction of sp³-hybridized carbons (Fsp3) is 0.357. The molecule has 4 rings (SSSR count). The molecule has 0 aliphatic rings. The number of aromatic nitrogens is 2. The van der Waals surface area contributed by atoms with Gasteiger partial charge in [0.05, 0.1) is 54.4 Å². The molecule has 1 aromatic carbocycles. The van der Waals surface area contributed by atoms with Crippen molar-refractivity contribution in [2.75, 3.05) is 31.7 Å². The predicted octanol–water partition coefficient (Wildman–Crippen LogP) is 5.65. The van der Waals surface area contributed by atoms with Crippen LogP contribution in [0.25, 0.3) is 21.5 Å². The number of carbonyl (C=O) groups excluding carboxylic acids is 1. The molecule has 12 heteroatoms. The Labute approximate surface area is 237 Å². The Balaban J connectivity index is 1.75. The van der Waals surface area contributed by atoms with Gasteiger partial charge in [-0.05, 0) is 58.0 Å². The summed E-state index contributed by atoms with van der Waals surface area (Å²) < 4.78 is 61.0. The zero-order chi connectivity index (χ0) is 29.2. The highest BCUT2D eigenvalue weighted by Crippen LogP contribution is 2.38. The highest BCUT2D eigenvalue weighted by atomic mass is 32.2. The number of thiophene rings is 1. The number of halogens is 1. The Morgan fingerprint density at radius 1 is 1.15 bits per heavy atom. The Kier molecular flexibility index (Phi) is 8.69. The van der Waals surface area contributed by atoms with E-state index in [-0.39, 0.29) is 13.1 Å². The molecule has 9 nitrogen and oxygen atoms in total. The molecule has 0 aliphatic carbocycles. The number of hydrogen-bond acceptors (Lipinski definition) is 8. The smallest absolute Gasteiger partial charge is 0.351 e. The topological polar surface area (TPSA) is 100.0 Å². The van der Waals surface area contributed by atoms with E-state index in [1.807, 2.05) is 19.9 Å². The summed E-state index contributed by atoms with van der Waals surface area (Å²) in [7, 11) is -0.965. The Bertz CT molecular complexity index is 1650. The molecule has 0 atom stereocenters. The molecule has 0 aliphatic heterocycles. The maximum atomic E-state index is 14.9.